The first-order chi connectivity index (χ1) is 14.2. The van der Waals surface area contributed by atoms with Crippen molar-refractivity contribution in [3.05, 3.63) is 36.1 Å². The number of hydrogen-bond acceptors (Lipinski definition) is 5. The lowest BCUT2D eigenvalue weighted by Gasteiger charge is -2.19. The molecule has 0 radical (unpaired) electrons. The van der Waals surface area contributed by atoms with Gasteiger partial charge in [0.1, 0.15) is 5.58 Å². The fraction of sp³-hybridized carbons (Fsp3) is 0.421. The third-order valence-corrected chi connectivity index (χ3v) is 4.32. The summed E-state index contributed by atoms with van der Waals surface area (Å²) in [6, 6.07) is 8.56. The summed E-state index contributed by atoms with van der Waals surface area (Å²) in [4.78, 5) is 35.0. The van der Waals surface area contributed by atoms with Crippen LogP contribution in [0.3, 0.4) is 0 Å². The third-order valence-electron chi connectivity index (χ3n) is 4.32. The summed E-state index contributed by atoms with van der Waals surface area (Å²) in [5, 5.41) is 15.2. The Balaban J connectivity index is 1.84. The fourth-order valence-corrected chi connectivity index (χ4v) is 2.83. The summed E-state index contributed by atoms with van der Waals surface area (Å²) in [6.07, 6.45) is -5.24. The van der Waals surface area contributed by atoms with Crippen LogP contribution in [0.5, 0.6) is 0 Å². The molecule has 0 aliphatic carbocycles. The van der Waals surface area contributed by atoms with Gasteiger partial charge in [-0.15, -0.1) is 0 Å². The number of nitrogens with zero attached hydrogens (tertiary/aromatic N) is 1. The number of alkyl halides is 3. The van der Waals surface area contributed by atoms with Gasteiger partial charge < -0.3 is 15.1 Å². The summed E-state index contributed by atoms with van der Waals surface area (Å²) in [7, 11) is 0. The summed E-state index contributed by atoms with van der Waals surface area (Å²) in [5.74, 6) is -2.06. The maximum absolute atomic E-state index is 12.3. The molecule has 30 heavy (non-hydrogen) atoms. The zero-order valence-electron chi connectivity index (χ0n) is 15.9. The quantitative estimate of drug-likeness (QED) is 0.167. The molecule has 8 nitrogen and oxygen atoms in total. The first kappa shape index (κ1) is 23.2. The van der Waals surface area contributed by atoms with E-state index in [0.29, 0.717) is 5.58 Å². The van der Waals surface area contributed by atoms with Crippen LogP contribution in [-0.4, -0.2) is 47.9 Å². The Labute approximate surface area is 170 Å². The van der Waals surface area contributed by atoms with E-state index >= 15 is 0 Å². The normalized spacial score (nSPS) is 12.4. The molecular weight excluding hydrogens is 407 g/mol. The molecule has 0 saturated carbocycles. The number of nitrogens with one attached hydrogen (secondary N) is 2. The Kier molecular flexibility index (Phi) is 8.22. The second-order valence-electron chi connectivity index (χ2n) is 6.66. The molecule has 0 spiro atoms. The lowest BCUT2D eigenvalue weighted by atomic mass is 10.00. The molecule has 1 aromatic heterocycles. The SMILES string of the molecule is O=CN(O)C[C@H](CCCCC(F)(F)F)C(=O)NCNC(=O)c1cc2ccccc2o1. The zero-order valence-corrected chi connectivity index (χ0v) is 15.9. The van der Waals surface area contributed by atoms with Gasteiger partial charge in [0.25, 0.3) is 5.91 Å². The summed E-state index contributed by atoms with van der Waals surface area (Å²) in [6.45, 7) is -0.640. The number of halogens is 3. The number of hydrogen-bond donors (Lipinski definition) is 3. The third kappa shape index (κ3) is 7.39. The second kappa shape index (κ2) is 10.6. The number of carbonyl (C=O) groups is 3. The number of hydroxylamine groups is 2. The molecule has 2 aromatic rings. The van der Waals surface area contributed by atoms with Gasteiger partial charge in [0.05, 0.1) is 19.1 Å². The minimum atomic E-state index is -4.29. The van der Waals surface area contributed by atoms with Crippen molar-refractivity contribution in [3.8, 4) is 0 Å². The molecule has 1 aromatic carbocycles. The van der Waals surface area contributed by atoms with Crippen LogP contribution in [0.4, 0.5) is 13.2 Å². The van der Waals surface area contributed by atoms with E-state index in [4.69, 9.17) is 4.42 Å². The molecule has 164 valence electrons. The Hall–Kier alpha value is -3.08. The van der Waals surface area contributed by atoms with Gasteiger partial charge in [-0.3, -0.25) is 19.6 Å². The zero-order chi connectivity index (χ0) is 22.1. The van der Waals surface area contributed by atoms with Gasteiger partial charge in [0.15, 0.2) is 5.76 Å². The van der Waals surface area contributed by atoms with Gasteiger partial charge in [-0.05, 0) is 25.0 Å². The van der Waals surface area contributed by atoms with E-state index in [0.717, 1.165) is 5.39 Å². The minimum absolute atomic E-state index is 0.0321. The molecule has 3 amide bonds. The van der Waals surface area contributed by atoms with Crippen LogP contribution in [0, 0.1) is 5.92 Å². The van der Waals surface area contributed by atoms with Crippen molar-refractivity contribution < 1.29 is 37.2 Å². The number of fused-ring (bicyclic) bond motifs is 1. The monoisotopic (exact) mass is 429 g/mol. The molecule has 3 N–H and O–H groups in total. The molecule has 11 heteroatoms. The molecule has 2 rings (SSSR count). The van der Waals surface area contributed by atoms with Gasteiger partial charge in [0.2, 0.25) is 12.3 Å². The highest BCUT2D eigenvalue weighted by molar-refractivity contribution is 5.96. The number of rotatable bonds is 11. The Morgan fingerprint density at radius 2 is 1.93 bits per heavy atom. The van der Waals surface area contributed by atoms with E-state index in [9.17, 15) is 32.8 Å². The lowest BCUT2D eigenvalue weighted by Crippen LogP contribution is -2.43. The maximum atomic E-state index is 12.3. The molecular formula is C19H22F3N3O5. The second-order valence-corrected chi connectivity index (χ2v) is 6.66. The predicted molar refractivity (Wildman–Crippen MR) is 99.3 cm³/mol. The van der Waals surface area contributed by atoms with Crippen molar-refractivity contribution in [2.45, 2.75) is 31.9 Å². The van der Waals surface area contributed by atoms with Crippen molar-refractivity contribution in [3.63, 3.8) is 0 Å². The molecule has 1 atom stereocenters. The number of furan rings is 1. The van der Waals surface area contributed by atoms with Crippen LogP contribution in [0.2, 0.25) is 0 Å². The van der Waals surface area contributed by atoms with E-state index < -0.39 is 30.3 Å². The summed E-state index contributed by atoms with van der Waals surface area (Å²) in [5.41, 5.74) is 0.530. The van der Waals surface area contributed by atoms with Crippen molar-refractivity contribution in [2.24, 2.45) is 5.92 Å². The van der Waals surface area contributed by atoms with Crippen LogP contribution >= 0.6 is 0 Å². The first-order valence-corrected chi connectivity index (χ1v) is 9.21. The highest BCUT2D eigenvalue weighted by atomic mass is 19.4. The lowest BCUT2D eigenvalue weighted by molar-refractivity contribution is -0.154. The Morgan fingerprint density at radius 3 is 2.60 bits per heavy atom. The van der Waals surface area contributed by atoms with Crippen molar-refractivity contribution in [1.82, 2.24) is 15.7 Å². The van der Waals surface area contributed by atoms with Gasteiger partial charge >= 0.3 is 6.18 Å². The van der Waals surface area contributed by atoms with E-state index in [2.05, 4.69) is 10.6 Å². The largest absolute Gasteiger partial charge is 0.451 e. The minimum Gasteiger partial charge on any atom is -0.451 e. The van der Waals surface area contributed by atoms with E-state index in [-0.39, 0.29) is 49.7 Å². The van der Waals surface area contributed by atoms with Crippen LogP contribution in [0.25, 0.3) is 11.0 Å². The van der Waals surface area contributed by atoms with Crippen molar-refractivity contribution in [2.75, 3.05) is 13.2 Å². The summed E-state index contributed by atoms with van der Waals surface area (Å²) < 4.78 is 42.1. The molecule has 0 fully saturated rings. The number of para-hydroxylation sites is 1. The van der Waals surface area contributed by atoms with Gasteiger partial charge in [0, 0.05) is 11.8 Å². The number of amides is 3. The standard InChI is InChI=1S/C19H22F3N3O5/c20-19(21,22)8-4-3-6-14(10-25(29)12-26)17(27)23-11-24-18(28)16-9-13-5-1-2-7-15(13)30-16/h1-2,5,7,9,12,14,29H,3-4,6,8,10-11H2,(H,23,27)(H,24,28)/t14-/m0/s1. The van der Waals surface area contributed by atoms with E-state index in [1.165, 1.54) is 0 Å². The highest BCUT2D eigenvalue weighted by Crippen LogP contribution is 2.23. The van der Waals surface area contributed by atoms with Crippen LogP contribution < -0.4 is 10.6 Å². The van der Waals surface area contributed by atoms with Gasteiger partial charge in [-0.1, -0.05) is 24.6 Å². The van der Waals surface area contributed by atoms with Gasteiger partial charge in [-0.25, -0.2) is 5.06 Å². The molecule has 0 aliphatic rings. The topological polar surface area (TPSA) is 112 Å². The molecule has 0 aliphatic heterocycles. The van der Waals surface area contributed by atoms with Crippen LogP contribution in [0.1, 0.15) is 36.2 Å². The Bertz CT molecular complexity index is 835. The van der Waals surface area contributed by atoms with E-state index in [1.807, 2.05) is 0 Å². The Morgan fingerprint density at radius 1 is 1.20 bits per heavy atom. The number of carbonyl (C=O) groups excluding carboxylic acids is 3. The average Bonchev–Trinajstić information content (AvgIpc) is 3.13. The van der Waals surface area contributed by atoms with E-state index in [1.54, 1.807) is 30.3 Å². The smallest absolute Gasteiger partial charge is 0.389 e. The van der Waals surface area contributed by atoms with Crippen molar-refractivity contribution in [1.29, 1.82) is 0 Å². The first-order valence-electron chi connectivity index (χ1n) is 9.21. The van der Waals surface area contributed by atoms with Gasteiger partial charge in [-0.2, -0.15) is 13.2 Å². The number of unbranched alkanes of at least 4 members (excludes halogenated alkanes) is 1. The molecule has 1 heterocycles. The molecule has 0 unspecified atom stereocenters. The van der Waals surface area contributed by atoms with Crippen LogP contribution in [-0.2, 0) is 9.59 Å². The number of benzene rings is 1. The predicted octanol–water partition coefficient (Wildman–Crippen LogP) is 2.82. The van der Waals surface area contributed by atoms with Crippen molar-refractivity contribution >= 4 is 29.2 Å². The maximum Gasteiger partial charge on any atom is 0.389 e. The van der Waals surface area contributed by atoms with Crippen LogP contribution in [0.15, 0.2) is 34.7 Å². The summed E-state index contributed by atoms with van der Waals surface area (Å²) >= 11 is 0. The average molecular weight is 429 g/mol. The molecule has 0 saturated heterocycles. The highest BCUT2D eigenvalue weighted by Gasteiger charge is 2.27. The molecule has 0 bridgehead atoms. The fourth-order valence-electron chi connectivity index (χ4n) is 2.83.